The monoisotopic (exact) mass is 349 g/mol. The maximum atomic E-state index is 10.5. The first-order valence-corrected chi connectivity index (χ1v) is 8.33. The fraction of sp³-hybridized carbons (Fsp3) is 0.263. The molecule has 1 aliphatic rings. The van der Waals surface area contributed by atoms with E-state index in [1.54, 1.807) is 12.4 Å². The molecule has 1 aromatic carbocycles. The molecule has 1 saturated heterocycles. The van der Waals surface area contributed by atoms with E-state index in [0.29, 0.717) is 17.1 Å². The van der Waals surface area contributed by atoms with Gasteiger partial charge in [-0.1, -0.05) is 12.1 Å². The van der Waals surface area contributed by atoms with Crippen molar-refractivity contribution in [2.45, 2.75) is 19.0 Å². The highest BCUT2D eigenvalue weighted by Crippen LogP contribution is 2.17. The van der Waals surface area contributed by atoms with Gasteiger partial charge in [-0.3, -0.25) is 9.88 Å². The van der Waals surface area contributed by atoms with Gasteiger partial charge >= 0.3 is 5.97 Å². The van der Waals surface area contributed by atoms with E-state index in [0.717, 1.165) is 37.7 Å². The van der Waals surface area contributed by atoms with Crippen molar-refractivity contribution in [2.24, 2.45) is 0 Å². The van der Waals surface area contributed by atoms with Crippen LogP contribution < -0.4 is 5.32 Å². The molecule has 0 bridgehead atoms. The zero-order chi connectivity index (χ0) is 18.4. The minimum absolute atomic E-state index is 0.281. The molecule has 7 heteroatoms. The molecule has 1 atom stereocenters. The van der Waals surface area contributed by atoms with Crippen LogP contribution in [0.25, 0.3) is 6.08 Å². The topological polar surface area (TPSA) is 102 Å². The molecule has 7 nitrogen and oxygen atoms in total. The van der Waals surface area contributed by atoms with E-state index in [-0.39, 0.29) is 6.04 Å². The maximum absolute atomic E-state index is 10.5. The van der Waals surface area contributed by atoms with Crippen LogP contribution in [0, 0.1) is 11.3 Å². The number of hydrogen-bond donors (Lipinski definition) is 2. The number of aliphatic carboxylic acids is 1. The lowest BCUT2D eigenvalue weighted by Crippen LogP contribution is -2.26. The summed E-state index contributed by atoms with van der Waals surface area (Å²) < 4.78 is 0. The molecule has 1 aliphatic heterocycles. The second-order valence-corrected chi connectivity index (χ2v) is 6.18. The summed E-state index contributed by atoms with van der Waals surface area (Å²) in [4.78, 5) is 21.3. The zero-order valence-electron chi connectivity index (χ0n) is 14.2. The van der Waals surface area contributed by atoms with Crippen LogP contribution >= 0.6 is 0 Å². The number of benzene rings is 1. The van der Waals surface area contributed by atoms with Gasteiger partial charge in [0, 0.05) is 31.8 Å². The standard InChI is InChI=1S/C19H19N5O2/c20-9-14-2-1-3-15(8-14)12-24-7-6-17(13-24)23-18-11-21-16(10-22-18)4-5-19(25)26/h1-5,8,10-11,17H,6-7,12-13H2,(H,22,23)(H,25,26)/b5-4+/t17-/m1/s1. The van der Waals surface area contributed by atoms with Crippen LogP contribution in [-0.2, 0) is 11.3 Å². The van der Waals surface area contributed by atoms with E-state index >= 15 is 0 Å². The van der Waals surface area contributed by atoms with E-state index < -0.39 is 5.97 Å². The summed E-state index contributed by atoms with van der Waals surface area (Å²) in [5.74, 6) is -0.337. The Kier molecular flexibility index (Phi) is 5.56. The third-order valence-corrected chi connectivity index (χ3v) is 4.16. The summed E-state index contributed by atoms with van der Waals surface area (Å²) in [6.45, 7) is 2.68. The molecule has 26 heavy (non-hydrogen) atoms. The normalized spacial score (nSPS) is 17.3. The van der Waals surface area contributed by atoms with Gasteiger partial charge in [-0.2, -0.15) is 5.26 Å². The van der Waals surface area contributed by atoms with Crippen molar-refractivity contribution in [1.29, 1.82) is 5.26 Å². The highest BCUT2D eigenvalue weighted by molar-refractivity contribution is 5.84. The highest BCUT2D eigenvalue weighted by atomic mass is 16.4. The Morgan fingerprint density at radius 1 is 1.42 bits per heavy atom. The fourth-order valence-corrected chi connectivity index (χ4v) is 2.96. The minimum Gasteiger partial charge on any atom is -0.478 e. The number of hydrogen-bond acceptors (Lipinski definition) is 6. The molecule has 0 aliphatic carbocycles. The largest absolute Gasteiger partial charge is 0.478 e. The summed E-state index contributed by atoms with van der Waals surface area (Å²) in [5.41, 5.74) is 2.33. The number of rotatable bonds is 6. The number of carbonyl (C=O) groups is 1. The Morgan fingerprint density at radius 3 is 3.04 bits per heavy atom. The molecule has 132 valence electrons. The average molecular weight is 349 g/mol. The fourth-order valence-electron chi connectivity index (χ4n) is 2.96. The van der Waals surface area contributed by atoms with Gasteiger partial charge < -0.3 is 10.4 Å². The van der Waals surface area contributed by atoms with Gasteiger partial charge in [-0.15, -0.1) is 0 Å². The molecule has 2 N–H and O–H groups in total. The van der Waals surface area contributed by atoms with Crippen LogP contribution in [0.1, 0.15) is 23.2 Å². The third-order valence-electron chi connectivity index (χ3n) is 4.16. The Morgan fingerprint density at radius 2 is 2.31 bits per heavy atom. The van der Waals surface area contributed by atoms with Gasteiger partial charge in [0.2, 0.25) is 0 Å². The molecule has 1 fully saturated rings. The van der Waals surface area contributed by atoms with Crippen molar-refractivity contribution in [2.75, 3.05) is 18.4 Å². The predicted octanol–water partition coefficient (Wildman–Crippen LogP) is 2.13. The van der Waals surface area contributed by atoms with Crippen LogP contribution in [-0.4, -0.2) is 45.1 Å². The van der Waals surface area contributed by atoms with E-state index in [9.17, 15) is 4.79 Å². The molecule has 2 aromatic rings. The number of carboxylic acid groups (broad SMARTS) is 1. The Bertz CT molecular complexity index is 842. The molecule has 3 rings (SSSR count). The van der Waals surface area contributed by atoms with Crippen LogP contribution in [0.5, 0.6) is 0 Å². The average Bonchev–Trinajstić information content (AvgIpc) is 3.08. The summed E-state index contributed by atoms with van der Waals surface area (Å²) >= 11 is 0. The van der Waals surface area contributed by atoms with Crippen molar-refractivity contribution in [1.82, 2.24) is 14.9 Å². The lowest BCUT2D eigenvalue weighted by molar-refractivity contribution is -0.131. The molecule has 0 unspecified atom stereocenters. The van der Waals surface area contributed by atoms with Crippen molar-refractivity contribution >= 4 is 17.9 Å². The van der Waals surface area contributed by atoms with Gasteiger partial charge in [0.25, 0.3) is 0 Å². The molecule has 0 spiro atoms. The van der Waals surface area contributed by atoms with Crippen molar-refractivity contribution in [3.05, 3.63) is 59.6 Å². The smallest absolute Gasteiger partial charge is 0.328 e. The zero-order valence-corrected chi connectivity index (χ0v) is 14.2. The second-order valence-electron chi connectivity index (χ2n) is 6.18. The highest BCUT2D eigenvalue weighted by Gasteiger charge is 2.22. The molecule has 1 aromatic heterocycles. The number of aromatic nitrogens is 2. The number of nitrogens with one attached hydrogen (secondary N) is 1. The molecule has 0 radical (unpaired) electrons. The first kappa shape index (κ1) is 17.6. The van der Waals surface area contributed by atoms with Crippen LogP contribution in [0.15, 0.2) is 42.7 Å². The van der Waals surface area contributed by atoms with Gasteiger partial charge in [0.05, 0.1) is 29.7 Å². The van der Waals surface area contributed by atoms with Crippen LogP contribution in [0.2, 0.25) is 0 Å². The number of carboxylic acids is 1. The summed E-state index contributed by atoms with van der Waals surface area (Å²) in [7, 11) is 0. The van der Waals surface area contributed by atoms with Gasteiger partial charge in [0.1, 0.15) is 5.82 Å². The van der Waals surface area contributed by atoms with E-state index in [1.165, 1.54) is 6.08 Å². The first-order valence-electron chi connectivity index (χ1n) is 8.33. The Hall–Kier alpha value is -3.24. The van der Waals surface area contributed by atoms with Crippen molar-refractivity contribution < 1.29 is 9.90 Å². The van der Waals surface area contributed by atoms with E-state index in [4.69, 9.17) is 10.4 Å². The number of likely N-dealkylation sites (tertiary alicyclic amines) is 1. The Labute approximate surface area is 151 Å². The third kappa shape index (κ3) is 4.88. The summed E-state index contributed by atoms with van der Waals surface area (Å²) in [6.07, 6.45) is 6.60. The van der Waals surface area contributed by atoms with E-state index in [1.807, 2.05) is 24.3 Å². The lowest BCUT2D eigenvalue weighted by Gasteiger charge is -2.17. The Balaban J connectivity index is 1.52. The molecule has 2 heterocycles. The van der Waals surface area contributed by atoms with E-state index in [2.05, 4.69) is 26.3 Å². The number of nitrogens with zero attached hydrogens (tertiary/aromatic N) is 4. The summed E-state index contributed by atoms with van der Waals surface area (Å²) in [6, 6.07) is 10.1. The SMILES string of the molecule is N#Cc1cccc(CN2CC[C@@H](Nc3cnc(/C=C/C(=O)O)cn3)C2)c1. The van der Waals surface area contributed by atoms with Gasteiger partial charge in [0.15, 0.2) is 0 Å². The quantitative estimate of drug-likeness (QED) is 0.770. The molecule has 0 saturated carbocycles. The predicted molar refractivity (Wildman–Crippen MR) is 97.2 cm³/mol. The summed E-state index contributed by atoms with van der Waals surface area (Å²) in [5, 5.41) is 21.0. The van der Waals surface area contributed by atoms with Crippen molar-refractivity contribution in [3.8, 4) is 6.07 Å². The lowest BCUT2D eigenvalue weighted by atomic mass is 10.1. The maximum Gasteiger partial charge on any atom is 0.328 e. The first-order chi connectivity index (χ1) is 12.6. The second kappa shape index (κ2) is 8.23. The van der Waals surface area contributed by atoms with Gasteiger partial charge in [-0.05, 0) is 30.2 Å². The molecular formula is C19H19N5O2. The van der Waals surface area contributed by atoms with Crippen LogP contribution in [0.3, 0.4) is 0 Å². The number of anilines is 1. The van der Waals surface area contributed by atoms with Gasteiger partial charge in [-0.25, -0.2) is 9.78 Å². The minimum atomic E-state index is -1.01. The number of nitriles is 1. The molecule has 0 amide bonds. The van der Waals surface area contributed by atoms with Crippen LogP contribution in [0.4, 0.5) is 5.82 Å². The van der Waals surface area contributed by atoms with Crippen molar-refractivity contribution in [3.63, 3.8) is 0 Å². The molecular weight excluding hydrogens is 330 g/mol.